The van der Waals surface area contributed by atoms with E-state index in [0.29, 0.717) is 42.1 Å². The van der Waals surface area contributed by atoms with Crippen molar-refractivity contribution in [2.45, 2.75) is 57.5 Å². The smallest absolute Gasteiger partial charge is 0.227 e. The number of likely N-dealkylation sites (tertiary alicyclic amines) is 1. The molecule has 1 amide bonds. The third kappa shape index (κ3) is 9.70. The summed E-state index contributed by atoms with van der Waals surface area (Å²) in [6.45, 7) is 9.73. The number of likely N-dealkylation sites (N-methyl/N-ethyl adjacent to an activating group) is 1. The Bertz CT molecular complexity index is 993. The summed E-state index contributed by atoms with van der Waals surface area (Å²) in [6.07, 6.45) is 9.19. The molecule has 0 bridgehead atoms. The van der Waals surface area contributed by atoms with Gasteiger partial charge in [-0.25, -0.2) is 0 Å². The van der Waals surface area contributed by atoms with Crippen LogP contribution in [0.4, 0.5) is 0 Å². The van der Waals surface area contributed by atoms with E-state index < -0.39 is 0 Å². The lowest BCUT2D eigenvalue weighted by Crippen LogP contribution is -2.45. The predicted octanol–water partition coefficient (Wildman–Crippen LogP) is 5.01. The van der Waals surface area contributed by atoms with Crippen molar-refractivity contribution in [3.8, 4) is 0 Å². The first kappa shape index (κ1) is 30.7. The van der Waals surface area contributed by atoms with Crippen molar-refractivity contribution in [3.63, 3.8) is 0 Å². The van der Waals surface area contributed by atoms with Crippen LogP contribution in [-0.4, -0.2) is 85.8 Å². The quantitative estimate of drug-likeness (QED) is 0.206. The molecule has 2 aliphatic heterocycles. The molecular formula is C29H40Cl2N2O5. The summed E-state index contributed by atoms with van der Waals surface area (Å²) >= 11 is 12.2. The zero-order valence-corrected chi connectivity index (χ0v) is 23.9. The Kier molecular flexibility index (Phi) is 12.6. The van der Waals surface area contributed by atoms with Crippen LogP contribution in [0.5, 0.6) is 0 Å². The normalized spacial score (nSPS) is 21.6. The molecule has 0 radical (unpaired) electrons. The molecule has 2 fully saturated rings. The molecule has 2 heterocycles. The van der Waals surface area contributed by atoms with Crippen molar-refractivity contribution in [1.29, 1.82) is 0 Å². The van der Waals surface area contributed by atoms with Gasteiger partial charge in [0, 0.05) is 33.3 Å². The maximum atomic E-state index is 13.2. The van der Waals surface area contributed by atoms with Crippen LogP contribution in [0.1, 0.15) is 38.2 Å². The molecule has 0 saturated carbocycles. The summed E-state index contributed by atoms with van der Waals surface area (Å²) in [6, 6.07) is 4.94. The van der Waals surface area contributed by atoms with Gasteiger partial charge in [0.05, 0.1) is 35.2 Å². The zero-order valence-electron chi connectivity index (χ0n) is 22.4. The molecule has 9 heteroatoms. The van der Waals surface area contributed by atoms with Crippen molar-refractivity contribution in [2.24, 2.45) is 0 Å². The number of hydrogen-bond acceptors (Lipinski definition) is 6. The maximum absolute atomic E-state index is 13.2. The van der Waals surface area contributed by atoms with E-state index in [1.807, 2.05) is 25.2 Å². The lowest BCUT2D eigenvalue weighted by molar-refractivity contribution is -0.167. The van der Waals surface area contributed by atoms with Crippen LogP contribution in [0.15, 0.2) is 54.3 Å². The minimum Gasteiger partial charge on any atom is -0.492 e. The molecule has 1 aromatic carbocycles. The van der Waals surface area contributed by atoms with Gasteiger partial charge >= 0.3 is 0 Å². The van der Waals surface area contributed by atoms with Crippen molar-refractivity contribution >= 4 is 29.1 Å². The lowest BCUT2D eigenvalue weighted by atomic mass is 10.0. The number of rotatable bonds is 13. The van der Waals surface area contributed by atoms with Crippen LogP contribution in [0.2, 0.25) is 10.0 Å². The minimum atomic E-state index is -0.346. The SMILES string of the molecule is C=C(/C=C\C(=C/C)OCCOC1CCCCO1)[C@@H](CN1CC[C@H](O)C1)N(C)C(=O)Cc1ccc(Cl)c(Cl)c1. The second-order valence-corrected chi connectivity index (χ2v) is 10.6. The highest BCUT2D eigenvalue weighted by Gasteiger charge is 2.28. The molecule has 0 spiro atoms. The molecule has 1 unspecified atom stereocenters. The van der Waals surface area contributed by atoms with Gasteiger partial charge in [0.2, 0.25) is 5.91 Å². The number of aliphatic hydroxyl groups is 1. The molecule has 2 aliphatic rings. The third-order valence-corrected chi connectivity index (χ3v) is 7.59. The molecule has 1 N–H and O–H groups in total. The summed E-state index contributed by atoms with van der Waals surface area (Å²) in [5.41, 5.74) is 1.56. The standard InChI is InChI=1S/C29H40Cl2N2O5/c1-4-24(36-15-16-38-29-7-5-6-14-37-29)10-8-21(2)27(20-33-13-12-23(34)19-33)32(3)28(35)18-22-9-11-25(30)26(31)17-22/h4,8-11,17,23,27,29,34H,2,5-7,12-16,18-20H2,1,3H3/b10-8-,24-4+/t23-,27+,29?/m0/s1. The highest BCUT2D eigenvalue weighted by Crippen LogP contribution is 2.24. The number of hydrogen-bond donors (Lipinski definition) is 1. The van der Waals surface area contributed by atoms with E-state index in [9.17, 15) is 9.90 Å². The summed E-state index contributed by atoms with van der Waals surface area (Å²) in [7, 11) is 1.79. The number of halogens is 2. The van der Waals surface area contributed by atoms with E-state index in [1.165, 1.54) is 0 Å². The maximum Gasteiger partial charge on any atom is 0.227 e. The first-order valence-electron chi connectivity index (χ1n) is 13.3. The number of ether oxygens (including phenoxy) is 3. The highest BCUT2D eigenvalue weighted by atomic mass is 35.5. The third-order valence-electron chi connectivity index (χ3n) is 6.85. The molecular weight excluding hydrogens is 527 g/mol. The first-order chi connectivity index (χ1) is 18.3. The van der Waals surface area contributed by atoms with Gasteiger partial charge in [0.1, 0.15) is 12.4 Å². The molecule has 3 rings (SSSR count). The largest absolute Gasteiger partial charge is 0.492 e. The number of amides is 1. The lowest BCUT2D eigenvalue weighted by Gasteiger charge is -2.32. The van der Waals surface area contributed by atoms with E-state index in [2.05, 4.69) is 11.5 Å². The van der Waals surface area contributed by atoms with E-state index in [0.717, 1.165) is 50.0 Å². The Labute approximate surface area is 236 Å². The van der Waals surface area contributed by atoms with Crippen LogP contribution in [-0.2, 0) is 25.4 Å². The number of carbonyl (C=O) groups excluding carboxylic acids is 1. The summed E-state index contributed by atoms with van der Waals surface area (Å²) in [5.74, 6) is 0.631. The van der Waals surface area contributed by atoms with Crippen LogP contribution in [0.3, 0.4) is 0 Å². The Morgan fingerprint density at radius 2 is 2.08 bits per heavy atom. The van der Waals surface area contributed by atoms with E-state index in [1.54, 1.807) is 30.1 Å². The summed E-state index contributed by atoms with van der Waals surface area (Å²) in [5, 5.41) is 10.9. The topological polar surface area (TPSA) is 71.5 Å². The molecule has 2 saturated heterocycles. The number of allylic oxidation sites excluding steroid dienone is 2. The minimum absolute atomic E-state index is 0.0627. The Morgan fingerprint density at radius 3 is 2.74 bits per heavy atom. The molecule has 38 heavy (non-hydrogen) atoms. The molecule has 1 aromatic rings. The molecule has 210 valence electrons. The number of aliphatic hydroxyl groups excluding tert-OH is 1. The number of benzene rings is 1. The van der Waals surface area contributed by atoms with Crippen LogP contribution >= 0.6 is 23.2 Å². The van der Waals surface area contributed by atoms with Crippen LogP contribution in [0.25, 0.3) is 0 Å². The number of β-amino-alcohol motifs (C(OH)–C–C–N with tert-alkyl or cyclic N) is 1. The van der Waals surface area contributed by atoms with Gasteiger partial charge in [-0.05, 0) is 68.0 Å². The predicted molar refractivity (Wildman–Crippen MR) is 151 cm³/mol. The molecule has 0 aromatic heterocycles. The Morgan fingerprint density at radius 1 is 1.26 bits per heavy atom. The molecule has 0 aliphatic carbocycles. The van der Waals surface area contributed by atoms with Crippen molar-refractivity contribution in [2.75, 3.05) is 46.5 Å². The van der Waals surface area contributed by atoms with Gasteiger partial charge in [0.25, 0.3) is 0 Å². The monoisotopic (exact) mass is 566 g/mol. The number of nitrogens with zero attached hydrogens (tertiary/aromatic N) is 2. The fraction of sp³-hybridized carbons (Fsp3) is 0.552. The Hall–Kier alpha value is -1.87. The van der Waals surface area contributed by atoms with Gasteiger partial charge in [-0.15, -0.1) is 0 Å². The van der Waals surface area contributed by atoms with Crippen LogP contribution < -0.4 is 0 Å². The van der Waals surface area contributed by atoms with Crippen LogP contribution in [0, 0.1) is 0 Å². The van der Waals surface area contributed by atoms with E-state index >= 15 is 0 Å². The van der Waals surface area contributed by atoms with E-state index in [-0.39, 0.29) is 30.8 Å². The number of carbonyl (C=O) groups is 1. The first-order valence-corrected chi connectivity index (χ1v) is 14.0. The average Bonchev–Trinajstić information content (AvgIpc) is 3.33. The Balaban J connectivity index is 1.60. The fourth-order valence-electron chi connectivity index (χ4n) is 4.54. The molecule has 3 atom stereocenters. The summed E-state index contributed by atoms with van der Waals surface area (Å²) < 4.78 is 17.2. The average molecular weight is 568 g/mol. The van der Waals surface area contributed by atoms with Gasteiger partial charge in [0.15, 0.2) is 6.29 Å². The van der Waals surface area contributed by atoms with Crippen molar-refractivity contribution < 1.29 is 24.1 Å². The second kappa shape index (κ2) is 15.7. The van der Waals surface area contributed by atoms with Gasteiger partial charge in [-0.1, -0.05) is 41.9 Å². The fourth-order valence-corrected chi connectivity index (χ4v) is 4.86. The van der Waals surface area contributed by atoms with E-state index in [4.69, 9.17) is 37.4 Å². The highest BCUT2D eigenvalue weighted by molar-refractivity contribution is 6.42. The van der Waals surface area contributed by atoms with Crippen molar-refractivity contribution in [3.05, 3.63) is 69.9 Å². The van der Waals surface area contributed by atoms with Crippen molar-refractivity contribution in [1.82, 2.24) is 9.80 Å². The van der Waals surface area contributed by atoms with Gasteiger partial charge < -0.3 is 24.2 Å². The molecule has 7 nitrogen and oxygen atoms in total. The van der Waals surface area contributed by atoms with Gasteiger partial charge in [-0.2, -0.15) is 0 Å². The van der Waals surface area contributed by atoms with Gasteiger partial charge in [-0.3, -0.25) is 9.69 Å². The second-order valence-electron chi connectivity index (χ2n) is 9.76. The summed E-state index contributed by atoms with van der Waals surface area (Å²) in [4.78, 5) is 17.1. The zero-order chi connectivity index (χ0) is 27.5.